The maximum atomic E-state index is 12.8. The van der Waals surface area contributed by atoms with Crippen molar-refractivity contribution in [1.29, 1.82) is 0 Å². The molecule has 0 unspecified atom stereocenters. The Balaban J connectivity index is 1.65. The lowest BCUT2D eigenvalue weighted by molar-refractivity contribution is 0.102. The Labute approximate surface area is 164 Å². The number of aromatic nitrogens is 6. The van der Waals surface area contributed by atoms with Crippen LogP contribution in [0, 0.1) is 0 Å². The maximum Gasteiger partial charge on any atom is 0.257 e. The second-order valence-corrected chi connectivity index (χ2v) is 6.15. The summed E-state index contributed by atoms with van der Waals surface area (Å²) in [4.78, 5) is 12.8. The molecule has 28 heavy (non-hydrogen) atoms. The van der Waals surface area contributed by atoms with E-state index in [0.29, 0.717) is 27.7 Å². The van der Waals surface area contributed by atoms with E-state index in [9.17, 15) is 4.79 Å². The Morgan fingerprint density at radius 1 is 1.14 bits per heavy atom. The number of tetrazole rings is 1. The number of nitrogens with zero attached hydrogens (tertiary/aromatic N) is 6. The molecule has 4 rings (SSSR count). The van der Waals surface area contributed by atoms with Crippen molar-refractivity contribution in [2.24, 2.45) is 0 Å². The van der Waals surface area contributed by atoms with Crippen LogP contribution in [0.1, 0.15) is 10.4 Å². The van der Waals surface area contributed by atoms with Gasteiger partial charge in [0.25, 0.3) is 5.91 Å². The van der Waals surface area contributed by atoms with Crippen molar-refractivity contribution in [2.75, 3.05) is 12.4 Å². The minimum absolute atomic E-state index is 0.321. The van der Waals surface area contributed by atoms with E-state index < -0.39 is 0 Å². The van der Waals surface area contributed by atoms with Crippen LogP contribution in [0.25, 0.3) is 11.4 Å². The molecule has 0 aliphatic rings. The number of halogens is 1. The standard InChI is InChI=1S/C18H14ClN7O2/c1-28-15-8-12(7-14(9-15)26-11-20-23-24-26)22-18(27)16-10-13(3-4-17(16)19)25-6-2-5-21-25/h2-11H,1H3,(H,22,27). The molecular formula is C18H14ClN7O2. The molecule has 1 N–H and O–H groups in total. The number of hydrogen-bond acceptors (Lipinski definition) is 6. The first-order chi connectivity index (χ1) is 13.6. The van der Waals surface area contributed by atoms with Crippen LogP contribution in [0.2, 0.25) is 5.02 Å². The summed E-state index contributed by atoms with van der Waals surface area (Å²) in [5, 5.41) is 18.4. The third kappa shape index (κ3) is 3.55. The summed E-state index contributed by atoms with van der Waals surface area (Å²) >= 11 is 6.24. The van der Waals surface area contributed by atoms with Crippen molar-refractivity contribution >= 4 is 23.2 Å². The Morgan fingerprint density at radius 3 is 2.75 bits per heavy atom. The second-order valence-electron chi connectivity index (χ2n) is 5.74. The van der Waals surface area contributed by atoms with E-state index in [-0.39, 0.29) is 5.91 Å². The molecule has 1 amide bonds. The molecule has 2 heterocycles. The molecule has 0 bridgehead atoms. The highest BCUT2D eigenvalue weighted by Gasteiger charge is 2.14. The highest BCUT2D eigenvalue weighted by molar-refractivity contribution is 6.34. The van der Waals surface area contributed by atoms with Gasteiger partial charge in [0.15, 0.2) is 0 Å². The summed E-state index contributed by atoms with van der Waals surface area (Å²) in [6.07, 6.45) is 4.89. The lowest BCUT2D eigenvalue weighted by Crippen LogP contribution is -2.14. The summed E-state index contributed by atoms with van der Waals surface area (Å²) < 4.78 is 8.41. The van der Waals surface area contributed by atoms with Crippen molar-refractivity contribution < 1.29 is 9.53 Å². The first-order valence-corrected chi connectivity index (χ1v) is 8.55. The second kappa shape index (κ2) is 7.49. The number of amides is 1. The van der Waals surface area contributed by atoms with E-state index in [1.165, 1.54) is 18.1 Å². The maximum absolute atomic E-state index is 12.8. The van der Waals surface area contributed by atoms with Gasteiger partial charge in [0.05, 0.1) is 29.1 Å². The average Bonchev–Trinajstić information content (AvgIpc) is 3.42. The molecule has 2 aromatic carbocycles. The minimum atomic E-state index is -0.366. The number of carbonyl (C=O) groups excluding carboxylic acids is 1. The smallest absolute Gasteiger partial charge is 0.257 e. The van der Waals surface area contributed by atoms with Crippen LogP contribution in [0.15, 0.2) is 61.2 Å². The molecule has 2 aromatic heterocycles. The SMILES string of the molecule is COc1cc(NC(=O)c2cc(-n3cccn3)ccc2Cl)cc(-n2cnnn2)c1. The minimum Gasteiger partial charge on any atom is -0.497 e. The summed E-state index contributed by atoms with van der Waals surface area (Å²) in [5.41, 5.74) is 2.19. The zero-order valence-corrected chi connectivity index (χ0v) is 15.4. The van der Waals surface area contributed by atoms with Crippen LogP contribution in [-0.2, 0) is 0 Å². The van der Waals surface area contributed by atoms with Crippen LogP contribution in [0.3, 0.4) is 0 Å². The normalized spacial score (nSPS) is 10.6. The number of benzene rings is 2. The van der Waals surface area contributed by atoms with Gasteiger partial charge in [0, 0.05) is 30.2 Å². The summed E-state index contributed by atoms with van der Waals surface area (Å²) in [7, 11) is 1.54. The van der Waals surface area contributed by atoms with Gasteiger partial charge in [0.1, 0.15) is 12.1 Å². The topological polar surface area (TPSA) is 99.8 Å². The van der Waals surface area contributed by atoms with Crippen molar-refractivity contribution in [3.8, 4) is 17.1 Å². The molecular weight excluding hydrogens is 382 g/mol. The van der Waals surface area contributed by atoms with Crippen LogP contribution in [-0.4, -0.2) is 43.0 Å². The fourth-order valence-electron chi connectivity index (χ4n) is 2.63. The van der Waals surface area contributed by atoms with E-state index in [4.69, 9.17) is 16.3 Å². The van der Waals surface area contributed by atoms with E-state index in [2.05, 4.69) is 25.9 Å². The molecule has 0 saturated carbocycles. The molecule has 0 fully saturated rings. The Hall–Kier alpha value is -3.72. The molecule has 0 aliphatic carbocycles. The van der Waals surface area contributed by atoms with Crippen LogP contribution in [0.4, 0.5) is 5.69 Å². The van der Waals surface area contributed by atoms with Gasteiger partial charge < -0.3 is 10.1 Å². The predicted molar refractivity (Wildman–Crippen MR) is 102 cm³/mol. The molecule has 0 aliphatic heterocycles. The van der Waals surface area contributed by atoms with E-state index in [0.717, 1.165) is 5.69 Å². The van der Waals surface area contributed by atoms with Crippen molar-refractivity contribution in [3.63, 3.8) is 0 Å². The largest absolute Gasteiger partial charge is 0.497 e. The molecule has 0 saturated heterocycles. The zero-order chi connectivity index (χ0) is 19.5. The van der Waals surface area contributed by atoms with Crippen LogP contribution >= 0.6 is 11.6 Å². The van der Waals surface area contributed by atoms with Crippen molar-refractivity contribution in [2.45, 2.75) is 0 Å². The van der Waals surface area contributed by atoms with Crippen LogP contribution in [0.5, 0.6) is 5.75 Å². The fraction of sp³-hybridized carbons (Fsp3) is 0.0556. The number of carbonyl (C=O) groups is 1. The first-order valence-electron chi connectivity index (χ1n) is 8.17. The van der Waals surface area contributed by atoms with Crippen LogP contribution < -0.4 is 10.1 Å². The van der Waals surface area contributed by atoms with Crippen molar-refractivity contribution in [3.05, 3.63) is 71.8 Å². The number of ether oxygens (including phenoxy) is 1. The molecule has 0 radical (unpaired) electrons. The molecule has 0 atom stereocenters. The number of anilines is 1. The van der Waals surface area contributed by atoms with E-state index in [1.54, 1.807) is 59.5 Å². The Morgan fingerprint density at radius 2 is 2.04 bits per heavy atom. The van der Waals surface area contributed by atoms with Gasteiger partial charge in [-0.3, -0.25) is 4.79 Å². The van der Waals surface area contributed by atoms with Crippen molar-refractivity contribution in [1.82, 2.24) is 30.0 Å². The molecule has 10 heteroatoms. The lowest BCUT2D eigenvalue weighted by Gasteiger charge is -2.12. The predicted octanol–water partition coefficient (Wildman–Crippen LogP) is 2.76. The van der Waals surface area contributed by atoms with Gasteiger partial charge in [-0.15, -0.1) is 5.10 Å². The first kappa shape index (κ1) is 17.7. The van der Waals surface area contributed by atoms with Gasteiger partial charge in [-0.05, 0) is 40.8 Å². The number of methoxy groups -OCH3 is 1. The van der Waals surface area contributed by atoms with E-state index >= 15 is 0 Å². The number of rotatable bonds is 5. The number of hydrogen-bond donors (Lipinski definition) is 1. The van der Waals surface area contributed by atoms with Gasteiger partial charge in [-0.1, -0.05) is 11.6 Å². The quantitative estimate of drug-likeness (QED) is 0.557. The third-order valence-electron chi connectivity index (χ3n) is 3.96. The highest BCUT2D eigenvalue weighted by atomic mass is 35.5. The Kier molecular flexibility index (Phi) is 4.73. The molecule has 4 aromatic rings. The van der Waals surface area contributed by atoms with Gasteiger partial charge in [-0.25, -0.2) is 9.36 Å². The Bertz CT molecular complexity index is 1110. The highest BCUT2D eigenvalue weighted by Crippen LogP contribution is 2.25. The molecule has 0 spiro atoms. The lowest BCUT2D eigenvalue weighted by atomic mass is 10.1. The molecule has 140 valence electrons. The number of nitrogens with one attached hydrogen (secondary N) is 1. The average molecular weight is 396 g/mol. The van der Waals surface area contributed by atoms with Gasteiger partial charge >= 0.3 is 0 Å². The summed E-state index contributed by atoms with van der Waals surface area (Å²) in [5.74, 6) is 0.176. The summed E-state index contributed by atoms with van der Waals surface area (Å²) in [6, 6.07) is 12.1. The summed E-state index contributed by atoms with van der Waals surface area (Å²) in [6.45, 7) is 0. The zero-order valence-electron chi connectivity index (χ0n) is 14.7. The van der Waals surface area contributed by atoms with Gasteiger partial charge in [-0.2, -0.15) is 5.10 Å². The fourth-order valence-corrected chi connectivity index (χ4v) is 2.84. The molecule has 9 nitrogen and oxygen atoms in total. The monoisotopic (exact) mass is 395 g/mol. The van der Waals surface area contributed by atoms with Gasteiger partial charge in [0.2, 0.25) is 0 Å². The third-order valence-corrected chi connectivity index (χ3v) is 4.29. The van der Waals surface area contributed by atoms with E-state index in [1.807, 2.05) is 0 Å².